The molecule has 0 unspecified atom stereocenters. The molecule has 0 saturated heterocycles. The molecule has 0 aliphatic rings. The third-order valence-corrected chi connectivity index (χ3v) is 6.08. The van der Waals surface area contributed by atoms with Crippen molar-refractivity contribution in [3.05, 3.63) is 12.3 Å². The van der Waals surface area contributed by atoms with Crippen molar-refractivity contribution in [1.82, 2.24) is 4.90 Å². The van der Waals surface area contributed by atoms with Gasteiger partial charge in [-0.15, -0.1) is 0 Å². The van der Waals surface area contributed by atoms with E-state index in [0.717, 1.165) is 0 Å². The van der Waals surface area contributed by atoms with E-state index in [2.05, 4.69) is 0 Å². The number of aliphatic hydroxyl groups excluding tert-OH is 1. The van der Waals surface area contributed by atoms with Gasteiger partial charge in [0.2, 0.25) is 6.41 Å². The molecule has 3 N–H and O–H groups in total. The summed E-state index contributed by atoms with van der Waals surface area (Å²) in [5.41, 5.74) is 6.25. The maximum Gasteiger partial charge on any atom is 0.305 e. The number of esters is 2. The first-order valence-electron chi connectivity index (χ1n) is 12.2. The van der Waals surface area contributed by atoms with E-state index < -0.39 is 24.4 Å². The van der Waals surface area contributed by atoms with Crippen molar-refractivity contribution in [3.8, 4) is 0 Å². The summed E-state index contributed by atoms with van der Waals surface area (Å²) in [5, 5.41) is 10.6. The predicted octanol–water partition coefficient (Wildman–Crippen LogP) is 2.79. The highest BCUT2D eigenvalue weighted by Crippen LogP contribution is 2.26. The van der Waals surface area contributed by atoms with Gasteiger partial charge in [0, 0.05) is 57.5 Å². The topological polar surface area (TPSA) is 128 Å². The van der Waals surface area contributed by atoms with Gasteiger partial charge in [-0.2, -0.15) is 0 Å². The molecule has 7 atom stereocenters. The second-order valence-corrected chi connectivity index (χ2v) is 8.83. The van der Waals surface area contributed by atoms with E-state index in [1.807, 2.05) is 26.8 Å². The molecule has 0 aliphatic carbocycles. The van der Waals surface area contributed by atoms with Crippen molar-refractivity contribution < 1.29 is 33.7 Å². The van der Waals surface area contributed by atoms with Crippen LogP contribution in [0.4, 0.5) is 0 Å². The van der Waals surface area contributed by atoms with Crippen molar-refractivity contribution >= 4 is 18.3 Å². The molecule has 0 radical (unpaired) electrons. The smallest absolute Gasteiger partial charge is 0.305 e. The molecule has 0 fully saturated rings. The zero-order valence-electron chi connectivity index (χ0n) is 21.9. The quantitative estimate of drug-likeness (QED) is 0.224. The molecule has 0 aromatic carbocycles. The Labute approximate surface area is 205 Å². The Hall–Kier alpha value is -1.97. The third-order valence-electron chi connectivity index (χ3n) is 6.08. The highest BCUT2D eigenvalue weighted by atomic mass is 16.5. The zero-order valence-corrected chi connectivity index (χ0v) is 21.9. The molecule has 0 aromatic heterocycles. The van der Waals surface area contributed by atoms with Crippen LogP contribution in [-0.4, -0.2) is 73.0 Å². The molecule has 198 valence electrons. The van der Waals surface area contributed by atoms with Crippen LogP contribution >= 0.6 is 0 Å². The second-order valence-electron chi connectivity index (χ2n) is 8.83. The number of nitrogens with two attached hydrogens (primary N) is 1. The van der Waals surface area contributed by atoms with Gasteiger partial charge in [-0.05, 0) is 19.3 Å². The normalized spacial score (nSPS) is 17.8. The Morgan fingerprint density at radius 3 is 2.15 bits per heavy atom. The lowest BCUT2D eigenvalue weighted by Gasteiger charge is -2.33. The molecule has 0 spiro atoms. The van der Waals surface area contributed by atoms with Crippen LogP contribution in [0.25, 0.3) is 0 Å². The van der Waals surface area contributed by atoms with Gasteiger partial charge in [-0.3, -0.25) is 14.4 Å². The molecule has 9 nitrogen and oxygen atoms in total. The lowest BCUT2D eigenvalue weighted by atomic mass is 9.86. The fraction of sp³-hybridized carbons (Fsp3) is 0.800. The minimum atomic E-state index is -0.855. The SMILES string of the molecule is CCC(=O)O[C@H](CC)C[C@H](O)[C@@H](N)CC[C@H](OC(=O)CC)[C@H](C)[C@H](OC)[C@H](C)/C=C/N(C)C=O. The largest absolute Gasteiger partial charge is 0.462 e. The van der Waals surface area contributed by atoms with Crippen LogP contribution in [0.3, 0.4) is 0 Å². The van der Waals surface area contributed by atoms with E-state index in [9.17, 15) is 19.5 Å². The van der Waals surface area contributed by atoms with Crippen LogP contribution in [0, 0.1) is 11.8 Å². The van der Waals surface area contributed by atoms with Crippen molar-refractivity contribution in [2.75, 3.05) is 14.2 Å². The molecule has 0 heterocycles. The van der Waals surface area contributed by atoms with Crippen molar-refractivity contribution in [1.29, 1.82) is 0 Å². The van der Waals surface area contributed by atoms with Gasteiger partial charge in [0.25, 0.3) is 0 Å². The molecular weight excluding hydrogens is 440 g/mol. The molecular formula is C25H46N2O7. The summed E-state index contributed by atoms with van der Waals surface area (Å²) < 4.78 is 16.8. The number of nitrogens with zero attached hydrogens (tertiary/aromatic N) is 1. The molecule has 1 amide bonds. The zero-order chi connectivity index (χ0) is 26.3. The number of carbonyl (C=O) groups is 3. The minimum absolute atomic E-state index is 0.0527. The second kappa shape index (κ2) is 17.5. The number of amides is 1. The molecule has 0 bridgehead atoms. The van der Waals surface area contributed by atoms with Gasteiger partial charge < -0.3 is 30.0 Å². The highest BCUT2D eigenvalue weighted by molar-refractivity contribution is 5.69. The summed E-state index contributed by atoms with van der Waals surface area (Å²) in [6.45, 7) is 9.27. The van der Waals surface area contributed by atoms with Crippen molar-refractivity contribution in [3.63, 3.8) is 0 Å². The van der Waals surface area contributed by atoms with E-state index in [0.29, 0.717) is 25.7 Å². The van der Waals surface area contributed by atoms with E-state index >= 15 is 0 Å². The molecule has 0 aliphatic heterocycles. The summed E-state index contributed by atoms with van der Waals surface area (Å²) >= 11 is 0. The lowest BCUT2D eigenvalue weighted by Crippen LogP contribution is -2.41. The van der Waals surface area contributed by atoms with Crippen LogP contribution in [0.5, 0.6) is 0 Å². The van der Waals surface area contributed by atoms with Crippen molar-refractivity contribution in [2.45, 2.75) is 104 Å². The molecule has 0 aromatic rings. The van der Waals surface area contributed by atoms with Gasteiger partial charge in [-0.25, -0.2) is 0 Å². The molecule has 9 heteroatoms. The monoisotopic (exact) mass is 486 g/mol. The Morgan fingerprint density at radius 1 is 1.06 bits per heavy atom. The van der Waals surface area contributed by atoms with E-state index in [1.54, 1.807) is 34.2 Å². The highest BCUT2D eigenvalue weighted by Gasteiger charge is 2.32. The molecule has 34 heavy (non-hydrogen) atoms. The van der Waals surface area contributed by atoms with E-state index in [1.165, 1.54) is 4.90 Å². The average molecular weight is 487 g/mol. The first-order chi connectivity index (χ1) is 16.0. The van der Waals surface area contributed by atoms with E-state index in [4.69, 9.17) is 19.9 Å². The van der Waals surface area contributed by atoms with Gasteiger partial charge >= 0.3 is 11.9 Å². The standard InChI is InChI=1S/C25H46N2O7/c1-8-19(33-23(30)9-2)15-21(29)20(26)11-12-22(34-24(31)10-3)18(5)25(32-7)17(4)13-14-27(6)16-28/h13-14,16-22,25,29H,8-12,15,26H2,1-7H3/b14-13+/t17-,18+,19-,20+,21+,22+,25-/m1/s1. The number of rotatable bonds is 18. The van der Waals surface area contributed by atoms with Crippen LogP contribution < -0.4 is 5.73 Å². The van der Waals surface area contributed by atoms with Gasteiger partial charge in [-0.1, -0.05) is 40.7 Å². The average Bonchev–Trinajstić information content (AvgIpc) is 2.83. The number of hydrogen-bond acceptors (Lipinski definition) is 8. The van der Waals surface area contributed by atoms with Gasteiger partial charge in [0.1, 0.15) is 12.2 Å². The molecule has 0 saturated carbocycles. The van der Waals surface area contributed by atoms with Crippen LogP contribution in [0.2, 0.25) is 0 Å². The third kappa shape index (κ3) is 11.9. The summed E-state index contributed by atoms with van der Waals surface area (Å²) in [4.78, 5) is 35.9. The number of aliphatic hydroxyl groups is 1. The fourth-order valence-corrected chi connectivity index (χ4v) is 3.78. The Balaban J connectivity index is 5.26. The maximum absolute atomic E-state index is 12.1. The summed E-state index contributed by atoms with van der Waals surface area (Å²) in [7, 11) is 3.25. The first kappa shape index (κ1) is 32.0. The summed E-state index contributed by atoms with van der Waals surface area (Å²) in [6.07, 6.45) is 4.50. The summed E-state index contributed by atoms with van der Waals surface area (Å²) in [6, 6.07) is -0.566. The van der Waals surface area contributed by atoms with Crippen LogP contribution in [0.1, 0.15) is 73.1 Å². The predicted molar refractivity (Wildman–Crippen MR) is 131 cm³/mol. The number of carbonyl (C=O) groups excluding carboxylic acids is 3. The van der Waals surface area contributed by atoms with Crippen molar-refractivity contribution in [2.24, 2.45) is 17.6 Å². The Morgan fingerprint density at radius 2 is 1.65 bits per heavy atom. The number of hydrogen-bond donors (Lipinski definition) is 2. The number of ether oxygens (including phenoxy) is 3. The van der Waals surface area contributed by atoms with Crippen LogP contribution in [0.15, 0.2) is 12.3 Å². The van der Waals surface area contributed by atoms with E-state index in [-0.39, 0.29) is 49.1 Å². The number of methoxy groups -OCH3 is 1. The van der Waals surface area contributed by atoms with Gasteiger partial charge in [0.15, 0.2) is 0 Å². The maximum atomic E-state index is 12.1. The van der Waals surface area contributed by atoms with Crippen LogP contribution in [-0.2, 0) is 28.6 Å². The van der Waals surface area contributed by atoms with Gasteiger partial charge in [0.05, 0.1) is 12.2 Å². The molecule has 0 rings (SSSR count). The fourth-order valence-electron chi connectivity index (χ4n) is 3.78. The Kier molecular flexibility index (Phi) is 16.5. The minimum Gasteiger partial charge on any atom is -0.462 e. The lowest BCUT2D eigenvalue weighted by molar-refractivity contribution is -0.155. The first-order valence-corrected chi connectivity index (χ1v) is 12.2. The summed E-state index contributed by atoms with van der Waals surface area (Å²) in [5.74, 6) is -0.841. The Bertz CT molecular complexity index is 628.